The van der Waals surface area contributed by atoms with E-state index < -0.39 is 0 Å². The predicted molar refractivity (Wildman–Crippen MR) is 75.6 cm³/mol. The van der Waals surface area contributed by atoms with E-state index >= 15 is 0 Å². The highest BCUT2D eigenvalue weighted by Gasteiger charge is 2.23. The number of rotatable bonds is 4. The Balaban J connectivity index is 1.98. The van der Waals surface area contributed by atoms with Crippen molar-refractivity contribution < 1.29 is 5.11 Å². The van der Waals surface area contributed by atoms with Crippen LogP contribution in [0.15, 0.2) is 0 Å². The van der Waals surface area contributed by atoms with Crippen LogP contribution in [0, 0.1) is 5.92 Å². The lowest BCUT2D eigenvalue weighted by molar-refractivity contribution is 0.0762. The van der Waals surface area contributed by atoms with Gasteiger partial charge in [0.2, 0.25) is 17.2 Å². The number of hydrogen-bond donors (Lipinski definition) is 2. The maximum absolute atomic E-state index is 9.92. The Morgan fingerprint density at radius 2 is 2.00 bits per heavy atom. The second-order valence-corrected chi connectivity index (χ2v) is 5.45. The summed E-state index contributed by atoms with van der Waals surface area (Å²) in [6.07, 6.45) is 3.97. The van der Waals surface area contributed by atoms with Gasteiger partial charge in [0.1, 0.15) is 0 Å². The number of anilines is 2. The SMILES string of the molecule is CN(C)c1nc(Cl)nc(NCC2CCCCC2O)n1. The number of aliphatic hydroxyl groups excluding tert-OH is 1. The fraction of sp³-hybridized carbons (Fsp3) is 0.750. The maximum atomic E-state index is 9.92. The summed E-state index contributed by atoms with van der Waals surface area (Å²) in [5, 5.41) is 13.2. The molecule has 1 aromatic rings. The minimum atomic E-state index is -0.230. The Labute approximate surface area is 118 Å². The molecule has 1 fully saturated rings. The zero-order chi connectivity index (χ0) is 13.8. The highest BCUT2D eigenvalue weighted by Crippen LogP contribution is 2.24. The zero-order valence-corrected chi connectivity index (χ0v) is 12.1. The first-order valence-electron chi connectivity index (χ1n) is 6.57. The van der Waals surface area contributed by atoms with E-state index in [0.717, 1.165) is 19.3 Å². The van der Waals surface area contributed by atoms with Gasteiger partial charge < -0.3 is 15.3 Å². The van der Waals surface area contributed by atoms with Crippen molar-refractivity contribution in [1.82, 2.24) is 15.0 Å². The normalized spacial score (nSPS) is 23.2. The molecule has 2 atom stereocenters. The van der Waals surface area contributed by atoms with Gasteiger partial charge in [-0.3, -0.25) is 0 Å². The van der Waals surface area contributed by atoms with E-state index in [2.05, 4.69) is 20.3 Å². The van der Waals surface area contributed by atoms with Crippen molar-refractivity contribution in [3.8, 4) is 0 Å². The van der Waals surface area contributed by atoms with Gasteiger partial charge in [0.25, 0.3) is 0 Å². The third kappa shape index (κ3) is 3.91. The van der Waals surface area contributed by atoms with Gasteiger partial charge in [-0.1, -0.05) is 12.8 Å². The molecule has 2 N–H and O–H groups in total. The van der Waals surface area contributed by atoms with E-state index in [0.29, 0.717) is 18.4 Å². The molecule has 0 aliphatic heterocycles. The molecular formula is C12H20ClN5O. The van der Waals surface area contributed by atoms with Crippen LogP contribution in [0.25, 0.3) is 0 Å². The van der Waals surface area contributed by atoms with Crippen molar-refractivity contribution in [3.63, 3.8) is 0 Å². The minimum Gasteiger partial charge on any atom is -0.393 e. The van der Waals surface area contributed by atoms with Gasteiger partial charge in [-0.25, -0.2) is 0 Å². The maximum Gasteiger partial charge on any atom is 0.230 e. The Kier molecular flexibility index (Phi) is 4.76. The van der Waals surface area contributed by atoms with Gasteiger partial charge in [0.15, 0.2) is 0 Å². The second kappa shape index (κ2) is 6.34. The van der Waals surface area contributed by atoms with Crippen molar-refractivity contribution in [1.29, 1.82) is 0 Å². The Morgan fingerprint density at radius 3 is 2.68 bits per heavy atom. The number of hydrogen-bond acceptors (Lipinski definition) is 6. The van der Waals surface area contributed by atoms with E-state index in [4.69, 9.17) is 11.6 Å². The molecule has 1 aliphatic rings. The van der Waals surface area contributed by atoms with Crippen LogP contribution in [0.2, 0.25) is 5.28 Å². The summed E-state index contributed by atoms with van der Waals surface area (Å²) in [4.78, 5) is 14.1. The fourth-order valence-corrected chi connectivity index (χ4v) is 2.42. The molecule has 0 bridgehead atoms. The molecule has 1 saturated carbocycles. The van der Waals surface area contributed by atoms with Crippen LogP contribution in [0.4, 0.5) is 11.9 Å². The third-order valence-corrected chi connectivity index (χ3v) is 3.56. The molecule has 6 nitrogen and oxygen atoms in total. The van der Waals surface area contributed by atoms with Crippen molar-refractivity contribution in [3.05, 3.63) is 5.28 Å². The molecular weight excluding hydrogens is 266 g/mol. The summed E-state index contributed by atoms with van der Waals surface area (Å²) in [6, 6.07) is 0. The average molecular weight is 286 g/mol. The van der Waals surface area contributed by atoms with Crippen LogP contribution >= 0.6 is 11.6 Å². The first kappa shape index (κ1) is 14.3. The average Bonchev–Trinajstić information content (AvgIpc) is 2.37. The van der Waals surface area contributed by atoms with Gasteiger partial charge in [-0.15, -0.1) is 0 Å². The van der Waals surface area contributed by atoms with Crippen LogP contribution in [0.1, 0.15) is 25.7 Å². The van der Waals surface area contributed by atoms with Crippen molar-refractivity contribution in [2.24, 2.45) is 5.92 Å². The first-order valence-corrected chi connectivity index (χ1v) is 6.95. The summed E-state index contributed by atoms with van der Waals surface area (Å²) in [5.74, 6) is 1.24. The molecule has 0 spiro atoms. The van der Waals surface area contributed by atoms with Crippen molar-refractivity contribution >= 4 is 23.5 Å². The molecule has 19 heavy (non-hydrogen) atoms. The van der Waals surface area contributed by atoms with Gasteiger partial charge >= 0.3 is 0 Å². The van der Waals surface area contributed by atoms with Crippen LogP contribution in [0.5, 0.6) is 0 Å². The molecule has 106 valence electrons. The molecule has 2 rings (SSSR count). The highest BCUT2D eigenvalue weighted by molar-refractivity contribution is 6.28. The third-order valence-electron chi connectivity index (χ3n) is 3.39. The quantitative estimate of drug-likeness (QED) is 0.874. The van der Waals surface area contributed by atoms with E-state index in [9.17, 15) is 5.11 Å². The van der Waals surface area contributed by atoms with E-state index in [1.807, 2.05) is 14.1 Å². The molecule has 0 aromatic carbocycles. The molecule has 0 amide bonds. The fourth-order valence-electron chi connectivity index (χ4n) is 2.27. The summed E-state index contributed by atoms with van der Waals surface area (Å²) in [7, 11) is 3.70. The van der Waals surface area contributed by atoms with Crippen molar-refractivity contribution in [2.45, 2.75) is 31.8 Å². The topological polar surface area (TPSA) is 74.2 Å². The zero-order valence-electron chi connectivity index (χ0n) is 11.3. The minimum absolute atomic E-state index is 0.172. The number of aliphatic hydroxyl groups is 1. The number of nitrogens with zero attached hydrogens (tertiary/aromatic N) is 4. The first-order chi connectivity index (χ1) is 9.06. The highest BCUT2D eigenvalue weighted by atomic mass is 35.5. The van der Waals surface area contributed by atoms with Crippen LogP contribution in [-0.2, 0) is 0 Å². The van der Waals surface area contributed by atoms with Gasteiger partial charge in [0.05, 0.1) is 6.10 Å². The van der Waals surface area contributed by atoms with E-state index in [-0.39, 0.29) is 17.3 Å². The predicted octanol–water partition coefficient (Wildman–Crippen LogP) is 1.55. The van der Waals surface area contributed by atoms with Gasteiger partial charge in [-0.2, -0.15) is 15.0 Å². The molecule has 1 aliphatic carbocycles. The monoisotopic (exact) mass is 285 g/mol. The molecule has 7 heteroatoms. The molecule has 1 aromatic heterocycles. The number of nitrogens with one attached hydrogen (secondary N) is 1. The van der Waals surface area contributed by atoms with E-state index in [1.165, 1.54) is 6.42 Å². The lowest BCUT2D eigenvalue weighted by Crippen LogP contribution is -2.30. The Morgan fingerprint density at radius 1 is 1.26 bits per heavy atom. The largest absolute Gasteiger partial charge is 0.393 e. The van der Waals surface area contributed by atoms with Gasteiger partial charge in [0, 0.05) is 26.6 Å². The summed E-state index contributed by atoms with van der Waals surface area (Å²) in [5.41, 5.74) is 0. The Bertz CT molecular complexity index is 429. The molecule has 0 radical (unpaired) electrons. The summed E-state index contributed by atoms with van der Waals surface area (Å²) >= 11 is 5.87. The van der Waals surface area contributed by atoms with Crippen LogP contribution < -0.4 is 10.2 Å². The molecule has 2 unspecified atom stereocenters. The number of halogens is 1. The van der Waals surface area contributed by atoms with Crippen molar-refractivity contribution in [2.75, 3.05) is 30.9 Å². The second-order valence-electron chi connectivity index (χ2n) is 5.12. The summed E-state index contributed by atoms with van der Waals surface area (Å²) < 4.78 is 0. The van der Waals surface area contributed by atoms with E-state index in [1.54, 1.807) is 4.90 Å². The standard InChI is InChI=1S/C12H20ClN5O/c1-18(2)12-16-10(13)15-11(17-12)14-7-8-5-3-4-6-9(8)19/h8-9,19H,3-7H2,1-2H3,(H,14,15,16,17). The lowest BCUT2D eigenvalue weighted by Gasteiger charge is -2.27. The molecule has 1 heterocycles. The number of aromatic nitrogens is 3. The van der Waals surface area contributed by atoms with Crippen LogP contribution in [0.3, 0.4) is 0 Å². The molecule has 0 saturated heterocycles. The van der Waals surface area contributed by atoms with Crippen LogP contribution in [-0.4, -0.2) is 46.8 Å². The Hall–Kier alpha value is -1.14. The lowest BCUT2D eigenvalue weighted by atomic mass is 9.86. The van der Waals surface area contributed by atoms with Gasteiger partial charge in [-0.05, 0) is 24.4 Å². The smallest absolute Gasteiger partial charge is 0.230 e. The summed E-state index contributed by atoms with van der Waals surface area (Å²) in [6.45, 7) is 0.661.